The lowest BCUT2D eigenvalue weighted by molar-refractivity contribution is -0.121. The van der Waals surface area contributed by atoms with Crippen molar-refractivity contribution in [2.75, 3.05) is 25.4 Å². The zero-order chi connectivity index (χ0) is 22.7. The lowest BCUT2D eigenvalue weighted by Crippen LogP contribution is -2.38. The summed E-state index contributed by atoms with van der Waals surface area (Å²) in [7, 11) is -3.41. The van der Waals surface area contributed by atoms with Gasteiger partial charge in [0.15, 0.2) is 0 Å². The van der Waals surface area contributed by atoms with Crippen LogP contribution in [0.5, 0.6) is 0 Å². The summed E-state index contributed by atoms with van der Waals surface area (Å²) in [6, 6.07) is 14.4. The maximum absolute atomic E-state index is 12.7. The molecule has 8 nitrogen and oxygen atoms in total. The number of fused-ring (bicyclic) bond motifs is 2. The third kappa shape index (κ3) is 4.58. The number of hydrogen-bond acceptors (Lipinski definition) is 5. The van der Waals surface area contributed by atoms with Crippen LogP contribution in [0.2, 0.25) is 0 Å². The van der Waals surface area contributed by atoms with Crippen molar-refractivity contribution < 1.29 is 22.8 Å². The number of rotatable bonds is 8. The quantitative estimate of drug-likeness (QED) is 0.481. The Morgan fingerprint density at radius 2 is 1.56 bits per heavy atom. The van der Waals surface area contributed by atoms with Crippen molar-refractivity contribution in [3.63, 3.8) is 0 Å². The predicted octanol–water partition coefficient (Wildman–Crippen LogP) is 1.57. The van der Waals surface area contributed by atoms with Gasteiger partial charge in [-0.15, -0.1) is 0 Å². The first-order chi connectivity index (χ1) is 15.4. The zero-order valence-corrected chi connectivity index (χ0v) is 18.4. The lowest BCUT2D eigenvalue weighted by atomic mass is 10.0. The fourth-order valence-corrected chi connectivity index (χ4v) is 5.54. The standard InChI is InChI=1S/C23H25N3O5S/c27-21(11-14-26-22(28)19-8-3-4-9-20(19)23(26)29)24-12-5-15-32(30,31)25-13-10-17-6-1-2-7-18(17)16-25/h1-4,6-9H,5,10-16H2,(H,24,27). The van der Waals surface area contributed by atoms with E-state index in [9.17, 15) is 22.8 Å². The average Bonchev–Trinajstić information content (AvgIpc) is 3.05. The van der Waals surface area contributed by atoms with Crippen molar-refractivity contribution in [1.82, 2.24) is 14.5 Å². The zero-order valence-electron chi connectivity index (χ0n) is 17.6. The highest BCUT2D eigenvalue weighted by Crippen LogP contribution is 2.23. The van der Waals surface area contributed by atoms with Crippen LogP contribution in [0.25, 0.3) is 0 Å². The van der Waals surface area contributed by atoms with Crippen LogP contribution in [0.4, 0.5) is 0 Å². The molecule has 0 unspecified atom stereocenters. The Hall–Kier alpha value is -3.04. The second-order valence-corrected chi connectivity index (χ2v) is 10.0. The molecule has 0 spiro atoms. The summed E-state index contributed by atoms with van der Waals surface area (Å²) in [5.74, 6) is -1.17. The van der Waals surface area contributed by atoms with Gasteiger partial charge in [0.05, 0.1) is 16.9 Å². The Balaban J connectivity index is 1.20. The van der Waals surface area contributed by atoms with Crippen LogP contribution in [0.15, 0.2) is 48.5 Å². The van der Waals surface area contributed by atoms with E-state index >= 15 is 0 Å². The summed E-state index contributed by atoms with van der Waals surface area (Å²) in [4.78, 5) is 37.8. The topological polar surface area (TPSA) is 104 Å². The number of sulfonamides is 1. The number of carbonyl (C=O) groups excluding carboxylic acids is 3. The minimum absolute atomic E-state index is 0.0103. The molecule has 0 saturated heterocycles. The van der Waals surface area contributed by atoms with E-state index < -0.39 is 21.8 Å². The van der Waals surface area contributed by atoms with Gasteiger partial charge in [-0.25, -0.2) is 8.42 Å². The van der Waals surface area contributed by atoms with E-state index in [1.807, 2.05) is 24.3 Å². The Kier molecular flexibility index (Phi) is 6.38. The molecule has 1 N–H and O–H groups in total. The van der Waals surface area contributed by atoms with Crippen LogP contribution in [-0.4, -0.2) is 60.7 Å². The smallest absolute Gasteiger partial charge is 0.261 e. The number of amides is 3. The Labute approximate surface area is 187 Å². The molecule has 2 aromatic carbocycles. The number of hydrogen-bond donors (Lipinski definition) is 1. The van der Waals surface area contributed by atoms with Gasteiger partial charge in [0.25, 0.3) is 11.8 Å². The Morgan fingerprint density at radius 1 is 0.938 bits per heavy atom. The maximum atomic E-state index is 12.7. The van der Waals surface area contributed by atoms with Gasteiger partial charge in [-0.2, -0.15) is 4.31 Å². The lowest BCUT2D eigenvalue weighted by Gasteiger charge is -2.28. The van der Waals surface area contributed by atoms with E-state index in [-0.39, 0.29) is 31.2 Å². The van der Waals surface area contributed by atoms with Crippen molar-refractivity contribution in [2.45, 2.75) is 25.8 Å². The summed E-state index contributed by atoms with van der Waals surface area (Å²) < 4.78 is 26.8. The van der Waals surface area contributed by atoms with Gasteiger partial charge in [-0.05, 0) is 36.1 Å². The summed E-state index contributed by atoms with van der Waals surface area (Å²) in [5.41, 5.74) is 2.92. The number of benzene rings is 2. The van der Waals surface area contributed by atoms with Crippen LogP contribution in [-0.2, 0) is 27.8 Å². The van der Waals surface area contributed by atoms with E-state index in [1.54, 1.807) is 24.3 Å². The predicted molar refractivity (Wildman–Crippen MR) is 118 cm³/mol. The van der Waals surface area contributed by atoms with Crippen molar-refractivity contribution in [3.05, 3.63) is 70.8 Å². The fraction of sp³-hybridized carbons (Fsp3) is 0.348. The molecule has 0 atom stereocenters. The van der Waals surface area contributed by atoms with Crippen LogP contribution in [0.3, 0.4) is 0 Å². The average molecular weight is 456 g/mol. The molecule has 3 amide bonds. The molecular weight excluding hydrogens is 430 g/mol. The molecule has 0 bridgehead atoms. The third-order valence-corrected chi connectivity index (χ3v) is 7.73. The van der Waals surface area contributed by atoms with Crippen LogP contribution >= 0.6 is 0 Å². The first kappa shape index (κ1) is 22.2. The highest BCUT2D eigenvalue weighted by molar-refractivity contribution is 7.89. The monoisotopic (exact) mass is 455 g/mol. The Morgan fingerprint density at radius 3 is 2.25 bits per heavy atom. The van der Waals surface area contributed by atoms with E-state index in [2.05, 4.69) is 5.32 Å². The van der Waals surface area contributed by atoms with Gasteiger partial charge in [-0.1, -0.05) is 36.4 Å². The summed E-state index contributed by atoms with van der Waals surface area (Å²) in [5, 5.41) is 2.68. The van der Waals surface area contributed by atoms with E-state index in [4.69, 9.17) is 0 Å². The Bertz CT molecular complexity index is 1130. The van der Waals surface area contributed by atoms with Gasteiger partial charge in [0, 0.05) is 32.6 Å². The molecule has 168 valence electrons. The normalized spacial score (nSPS) is 16.1. The number of nitrogens with zero attached hydrogens (tertiary/aromatic N) is 2. The third-order valence-electron chi connectivity index (χ3n) is 5.83. The van der Waals surface area contributed by atoms with Gasteiger partial charge >= 0.3 is 0 Å². The van der Waals surface area contributed by atoms with Gasteiger partial charge in [-0.3, -0.25) is 19.3 Å². The fourth-order valence-electron chi connectivity index (χ4n) is 4.06. The maximum Gasteiger partial charge on any atom is 0.261 e. The summed E-state index contributed by atoms with van der Waals surface area (Å²) >= 11 is 0. The number of carbonyl (C=O) groups is 3. The molecule has 9 heteroatoms. The van der Waals surface area contributed by atoms with Crippen molar-refractivity contribution in [1.29, 1.82) is 0 Å². The minimum Gasteiger partial charge on any atom is -0.356 e. The SMILES string of the molecule is O=C(CCN1C(=O)c2ccccc2C1=O)NCCCS(=O)(=O)N1CCc2ccccc2C1. The van der Waals surface area contributed by atoms with Crippen molar-refractivity contribution in [2.24, 2.45) is 0 Å². The second kappa shape index (κ2) is 9.22. The van der Waals surface area contributed by atoms with Gasteiger partial charge in [0.2, 0.25) is 15.9 Å². The minimum atomic E-state index is -3.41. The summed E-state index contributed by atoms with van der Waals surface area (Å²) in [6.07, 6.45) is 0.963. The number of nitrogens with one attached hydrogen (secondary N) is 1. The van der Waals surface area contributed by atoms with Crippen LogP contribution < -0.4 is 5.32 Å². The molecule has 2 aromatic rings. The molecule has 0 saturated carbocycles. The molecule has 0 aromatic heterocycles. The number of imide groups is 1. The summed E-state index contributed by atoms with van der Waals surface area (Å²) in [6.45, 7) is 1.05. The van der Waals surface area contributed by atoms with E-state index in [1.165, 1.54) is 9.87 Å². The second-order valence-electron chi connectivity index (χ2n) is 7.93. The highest BCUT2D eigenvalue weighted by atomic mass is 32.2. The van der Waals surface area contributed by atoms with Crippen molar-refractivity contribution in [3.8, 4) is 0 Å². The first-order valence-corrected chi connectivity index (χ1v) is 12.2. The molecular formula is C23H25N3O5S. The molecule has 2 aliphatic heterocycles. The van der Waals surface area contributed by atoms with Crippen molar-refractivity contribution >= 4 is 27.7 Å². The van der Waals surface area contributed by atoms with Gasteiger partial charge < -0.3 is 5.32 Å². The molecule has 2 heterocycles. The molecule has 0 fully saturated rings. The van der Waals surface area contributed by atoms with E-state index in [0.717, 1.165) is 10.5 Å². The van der Waals surface area contributed by atoms with E-state index in [0.29, 0.717) is 37.1 Å². The first-order valence-electron chi connectivity index (χ1n) is 10.6. The van der Waals surface area contributed by atoms with Gasteiger partial charge in [0.1, 0.15) is 0 Å². The molecule has 2 aliphatic rings. The molecule has 32 heavy (non-hydrogen) atoms. The highest BCUT2D eigenvalue weighted by Gasteiger charge is 2.35. The molecule has 4 rings (SSSR count). The largest absolute Gasteiger partial charge is 0.356 e. The molecule has 0 aliphatic carbocycles. The van der Waals surface area contributed by atoms with Crippen LogP contribution in [0, 0.1) is 0 Å². The molecule has 0 radical (unpaired) electrons. The van der Waals surface area contributed by atoms with Crippen LogP contribution in [0.1, 0.15) is 44.7 Å².